The summed E-state index contributed by atoms with van der Waals surface area (Å²) in [7, 11) is 4.15. The Morgan fingerprint density at radius 2 is 0.842 bits per heavy atom. The van der Waals surface area contributed by atoms with Crippen LogP contribution in [0.15, 0.2) is 24.3 Å². The van der Waals surface area contributed by atoms with Gasteiger partial charge in [-0.3, -0.25) is 14.5 Å². The van der Waals surface area contributed by atoms with Crippen LogP contribution in [0.4, 0.5) is 4.79 Å². The highest BCUT2D eigenvalue weighted by Gasteiger charge is 2.16. The highest BCUT2D eigenvalue weighted by Crippen LogP contribution is 2.19. The van der Waals surface area contributed by atoms with Crippen LogP contribution >= 0.6 is 0 Å². The van der Waals surface area contributed by atoms with E-state index < -0.39 is 18.1 Å². The van der Waals surface area contributed by atoms with E-state index >= 15 is 0 Å². The molecule has 0 fully saturated rings. The van der Waals surface area contributed by atoms with E-state index in [0.29, 0.717) is 19.4 Å². The van der Waals surface area contributed by atoms with Crippen LogP contribution in [-0.2, 0) is 19.1 Å². The standard InChI is InChI=1S/C48H90N2O7/c1-4-50(42-41-49(2)3)43-44-56-48(55)57-45(37-33-29-25-21-17-13-9-5-7-11-15-19-23-27-31-35-39-46(51)52)38-34-30-26-22-18-14-10-6-8-12-16-20-24-28-32-36-40-47(53)54/h7-8,11-12,45H,4-6,9-10,13-44H2,1-3H3,(H,51,52)(H,53,54)/b11-7-,12-8-. The van der Waals surface area contributed by atoms with Gasteiger partial charge in [0.05, 0.1) is 0 Å². The summed E-state index contributed by atoms with van der Waals surface area (Å²) >= 11 is 0. The fraction of sp³-hybridized carbons (Fsp3) is 0.854. The molecule has 334 valence electrons. The van der Waals surface area contributed by atoms with Gasteiger partial charge in [-0.25, -0.2) is 4.79 Å². The van der Waals surface area contributed by atoms with Crippen LogP contribution in [0.3, 0.4) is 0 Å². The number of hydrogen-bond donors (Lipinski definition) is 2. The molecule has 9 nitrogen and oxygen atoms in total. The van der Waals surface area contributed by atoms with Crippen LogP contribution < -0.4 is 0 Å². The largest absolute Gasteiger partial charge is 0.508 e. The van der Waals surface area contributed by atoms with E-state index in [1.54, 1.807) is 0 Å². The maximum absolute atomic E-state index is 12.7. The molecule has 0 radical (unpaired) electrons. The lowest BCUT2D eigenvalue weighted by Crippen LogP contribution is -2.34. The van der Waals surface area contributed by atoms with Gasteiger partial charge in [-0.05, 0) is 111 Å². The SMILES string of the molecule is CCN(CCOC(=O)OC(CCCCCCCCC/C=C\CCCCCCCC(=O)O)CCCCCCCCC/C=C\CCCCCCCC(=O)O)CCN(C)C. The molecule has 9 heteroatoms. The number of rotatable bonds is 44. The number of carbonyl (C=O) groups is 3. The molecule has 0 heterocycles. The van der Waals surface area contributed by atoms with Gasteiger partial charge in [0.25, 0.3) is 0 Å². The summed E-state index contributed by atoms with van der Waals surface area (Å²) in [4.78, 5) is 38.3. The van der Waals surface area contributed by atoms with Crippen molar-refractivity contribution in [2.45, 2.75) is 218 Å². The molecule has 0 saturated heterocycles. The van der Waals surface area contributed by atoms with Gasteiger partial charge in [-0.1, -0.05) is 134 Å². The summed E-state index contributed by atoms with van der Waals surface area (Å²) in [6, 6.07) is 0. The van der Waals surface area contributed by atoms with Gasteiger partial charge in [-0.2, -0.15) is 0 Å². The summed E-state index contributed by atoms with van der Waals surface area (Å²) in [6.07, 6.45) is 43.8. The molecule has 0 aliphatic rings. The monoisotopic (exact) mass is 807 g/mol. The number of carbonyl (C=O) groups excluding carboxylic acids is 1. The molecular weight excluding hydrogens is 717 g/mol. The molecule has 0 unspecified atom stereocenters. The lowest BCUT2D eigenvalue weighted by Gasteiger charge is -2.22. The van der Waals surface area contributed by atoms with Crippen molar-refractivity contribution in [2.75, 3.05) is 46.9 Å². The molecule has 0 rings (SSSR count). The van der Waals surface area contributed by atoms with Gasteiger partial charge in [0, 0.05) is 32.5 Å². The zero-order valence-electron chi connectivity index (χ0n) is 37.4. The van der Waals surface area contributed by atoms with E-state index in [4.69, 9.17) is 19.7 Å². The molecule has 0 atom stereocenters. The maximum Gasteiger partial charge on any atom is 0.508 e. The molecule has 0 saturated carbocycles. The van der Waals surface area contributed by atoms with Crippen LogP contribution in [0.1, 0.15) is 212 Å². The van der Waals surface area contributed by atoms with Crippen molar-refractivity contribution in [3.63, 3.8) is 0 Å². The maximum atomic E-state index is 12.7. The molecule has 57 heavy (non-hydrogen) atoms. The predicted molar refractivity (Wildman–Crippen MR) is 238 cm³/mol. The van der Waals surface area contributed by atoms with Gasteiger partial charge in [0.1, 0.15) is 12.7 Å². The Kier molecular flexibility index (Phi) is 41.4. The molecule has 0 spiro atoms. The lowest BCUT2D eigenvalue weighted by atomic mass is 10.0. The topological polar surface area (TPSA) is 117 Å². The second-order valence-electron chi connectivity index (χ2n) is 16.5. The molecule has 0 aliphatic carbocycles. The van der Waals surface area contributed by atoms with E-state index in [2.05, 4.69) is 55.1 Å². The van der Waals surface area contributed by atoms with Crippen molar-refractivity contribution in [3.8, 4) is 0 Å². The Morgan fingerprint density at radius 3 is 1.19 bits per heavy atom. The Labute approximate surface area is 350 Å². The van der Waals surface area contributed by atoms with Crippen molar-refractivity contribution in [1.29, 1.82) is 0 Å². The first-order valence-electron chi connectivity index (χ1n) is 23.7. The first kappa shape index (κ1) is 54.6. The Hall–Kier alpha value is -2.39. The summed E-state index contributed by atoms with van der Waals surface area (Å²) in [5.41, 5.74) is 0. The highest BCUT2D eigenvalue weighted by atomic mass is 16.7. The predicted octanol–water partition coefficient (Wildman–Crippen LogP) is 13.2. The summed E-state index contributed by atoms with van der Waals surface area (Å²) in [6.45, 7) is 6.12. The Morgan fingerprint density at radius 1 is 0.491 bits per heavy atom. The minimum Gasteiger partial charge on any atom is -0.481 e. The van der Waals surface area contributed by atoms with Crippen molar-refractivity contribution in [3.05, 3.63) is 24.3 Å². The molecule has 0 aromatic carbocycles. The summed E-state index contributed by atoms with van der Waals surface area (Å²) in [5, 5.41) is 17.4. The second-order valence-corrected chi connectivity index (χ2v) is 16.5. The van der Waals surface area contributed by atoms with Gasteiger partial charge in [-0.15, -0.1) is 0 Å². The van der Waals surface area contributed by atoms with E-state index in [1.807, 2.05) is 0 Å². The number of nitrogens with zero attached hydrogens (tertiary/aromatic N) is 2. The Balaban J connectivity index is 4.18. The summed E-state index contributed by atoms with van der Waals surface area (Å²) in [5.74, 6) is -1.37. The average molecular weight is 807 g/mol. The molecule has 0 bridgehead atoms. The third-order valence-corrected chi connectivity index (χ3v) is 10.9. The molecule has 2 N–H and O–H groups in total. The number of carboxylic acids is 2. The first-order valence-corrected chi connectivity index (χ1v) is 23.7. The second kappa shape index (κ2) is 43.2. The zero-order valence-corrected chi connectivity index (χ0v) is 37.4. The number of likely N-dealkylation sites (N-methyl/N-ethyl adjacent to an activating group) is 2. The minimum absolute atomic E-state index is 0.0547. The van der Waals surface area contributed by atoms with Crippen LogP contribution in [0.25, 0.3) is 0 Å². The quantitative estimate of drug-likeness (QED) is 0.0352. The minimum atomic E-state index is -0.683. The van der Waals surface area contributed by atoms with Crippen molar-refractivity contribution in [2.24, 2.45) is 0 Å². The van der Waals surface area contributed by atoms with Crippen LogP contribution in [0.2, 0.25) is 0 Å². The molecular formula is C48H90N2O7. The number of carboxylic acid groups (broad SMARTS) is 2. The van der Waals surface area contributed by atoms with Gasteiger partial charge in [0.15, 0.2) is 0 Å². The molecule has 0 aliphatic heterocycles. The number of unbranched alkanes of at least 4 members (excludes halogenated alkanes) is 24. The van der Waals surface area contributed by atoms with Gasteiger partial charge < -0.3 is 24.6 Å². The fourth-order valence-electron chi connectivity index (χ4n) is 7.10. The number of aliphatic carboxylic acids is 2. The van der Waals surface area contributed by atoms with E-state index in [0.717, 1.165) is 103 Å². The van der Waals surface area contributed by atoms with Crippen molar-refractivity contribution < 1.29 is 34.1 Å². The van der Waals surface area contributed by atoms with Crippen LogP contribution in [0.5, 0.6) is 0 Å². The van der Waals surface area contributed by atoms with Gasteiger partial charge in [0.2, 0.25) is 0 Å². The van der Waals surface area contributed by atoms with E-state index in [1.165, 1.54) is 116 Å². The van der Waals surface area contributed by atoms with Crippen LogP contribution in [0, 0.1) is 0 Å². The van der Waals surface area contributed by atoms with E-state index in [-0.39, 0.29) is 6.10 Å². The third-order valence-electron chi connectivity index (χ3n) is 10.9. The number of allylic oxidation sites excluding steroid dienone is 4. The van der Waals surface area contributed by atoms with Crippen molar-refractivity contribution in [1.82, 2.24) is 9.80 Å². The van der Waals surface area contributed by atoms with Crippen molar-refractivity contribution >= 4 is 18.1 Å². The average Bonchev–Trinajstić information content (AvgIpc) is 3.17. The Bertz CT molecular complexity index is 914. The first-order chi connectivity index (χ1) is 27.7. The summed E-state index contributed by atoms with van der Waals surface area (Å²) < 4.78 is 11.4. The normalized spacial score (nSPS) is 11.9. The third kappa shape index (κ3) is 44.6. The number of hydrogen-bond acceptors (Lipinski definition) is 7. The lowest BCUT2D eigenvalue weighted by molar-refractivity contribution is -0.138. The van der Waals surface area contributed by atoms with Crippen LogP contribution in [-0.4, -0.2) is 91.1 Å². The molecule has 0 aromatic rings. The molecule has 0 aromatic heterocycles. The molecule has 0 amide bonds. The van der Waals surface area contributed by atoms with E-state index in [9.17, 15) is 14.4 Å². The number of ether oxygens (including phenoxy) is 2. The fourth-order valence-corrected chi connectivity index (χ4v) is 7.10. The highest BCUT2D eigenvalue weighted by molar-refractivity contribution is 5.66. The smallest absolute Gasteiger partial charge is 0.481 e. The van der Waals surface area contributed by atoms with Gasteiger partial charge >= 0.3 is 18.1 Å². The zero-order chi connectivity index (χ0) is 41.9.